The van der Waals surface area contributed by atoms with Crippen LogP contribution in [-0.4, -0.2) is 34.1 Å². The minimum absolute atomic E-state index is 0.339. The van der Waals surface area contributed by atoms with E-state index in [1.54, 1.807) is 10.9 Å². The SMILES string of the molecule is OC(CNCC1CC1)Cn1cccn1. The molecule has 4 nitrogen and oxygen atoms in total. The minimum Gasteiger partial charge on any atom is -0.390 e. The Kier molecular flexibility index (Phi) is 3.16. The number of aliphatic hydroxyl groups is 1. The zero-order chi connectivity index (χ0) is 9.80. The molecule has 2 N–H and O–H groups in total. The molecule has 2 rings (SSSR count). The maximum Gasteiger partial charge on any atom is 0.0860 e. The normalized spacial score (nSPS) is 18.4. The molecule has 14 heavy (non-hydrogen) atoms. The molecular formula is C10H17N3O. The third-order valence-corrected chi connectivity index (χ3v) is 2.47. The topological polar surface area (TPSA) is 50.1 Å². The Hall–Kier alpha value is -0.870. The molecule has 0 spiro atoms. The van der Waals surface area contributed by atoms with E-state index in [0.29, 0.717) is 13.1 Å². The van der Waals surface area contributed by atoms with Crippen LogP contribution in [0.15, 0.2) is 18.5 Å². The van der Waals surface area contributed by atoms with E-state index in [-0.39, 0.29) is 6.10 Å². The zero-order valence-electron chi connectivity index (χ0n) is 8.26. The molecule has 0 bridgehead atoms. The third kappa shape index (κ3) is 3.12. The van der Waals surface area contributed by atoms with Gasteiger partial charge in [0.1, 0.15) is 0 Å². The lowest BCUT2D eigenvalue weighted by molar-refractivity contribution is 0.146. The maximum absolute atomic E-state index is 9.63. The van der Waals surface area contributed by atoms with Gasteiger partial charge in [-0.25, -0.2) is 0 Å². The molecule has 1 aliphatic carbocycles. The second-order valence-corrected chi connectivity index (χ2v) is 3.98. The van der Waals surface area contributed by atoms with Crippen LogP contribution in [0.2, 0.25) is 0 Å². The molecular weight excluding hydrogens is 178 g/mol. The van der Waals surface area contributed by atoms with Gasteiger partial charge in [0.05, 0.1) is 12.6 Å². The van der Waals surface area contributed by atoms with E-state index in [1.165, 1.54) is 12.8 Å². The summed E-state index contributed by atoms with van der Waals surface area (Å²) in [5.41, 5.74) is 0. The Morgan fingerprint density at radius 2 is 2.43 bits per heavy atom. The number of aliphatic hydroxyl groups excluding tert-OH is 1. The van der Waals surface area contributed by atoms with Crippen LogP contribution in [0, 0.1) is 5.92 Å². The summed E-state index contributed by atoms with van der Waals surface area (Å²) < 4.78 is 1.75. The van der Waals surface area contributed by atoms with Gasteiger partial charge in [-0.15, -0.1) is 0 Å². The zero-order valence-corrected chi connectivity index (χ0v) is 8.26. The first-order chi connectivity index (χ1) is 6.84. The van der Waals surface area contributed by atoms with Crippen molar-refractivity contribution in [3.8, 4) is 0 Å². The molecule has 1 unspecified atom stereocenters. The van der Waals surface area contributed by atoms with Crippen LogP contribution in [0.5, 0.6) is 0 Å². The van der Waals surface area contributed by atoms with Crippen molar-refractivity contribution in [2.45, 2.75) is 25.5 Å². The van der Waals surface area contributed by atoms with E-state index >= 15 is 0 Å². The van der Waals surface area contributed by atoms with Gasteiger partial charge in [0.2, 0.25) is 0 Å². The summed E-state index contributed by atoms with van der Waals surface area (Å²) in [6, 6.07) is 1.87. The van der Waals surface area contributed by atoms with Crippen molar-refractivity contribution < 1.29 is 5.11 Å². The monoisotopic (exact) mass is 195 g/mol. The maximum atomic E-state index is 9.63. The van der Waals surface area contributed by atoms with Gasteiger partial charge in [-0.3, -0.25) is 4.68 Å². The molecule has 0 amide bonds. The molecule has 0 aliphatic heterocycles. The number of aromatic nitrogens is 2. The Bertz CT molecular complexity index is 256. The Morgan fingerprint density at radius 3 is 3.07 bits per heavy atom. The van der Waals surface area contributed by atoms with Crippen LogP contribution in [0.1, 0.15) is 12.8 Å². The Balaban J connectivity index is 1.60. The van der Waals surface area contributed by atoms with Crippen molar-refractivity contribution in [2.75, 3.05) is 13.1 Å². The first-order valence-corrected chi connectivity index (χ1v) is 5.21. The van der Waals surface area contributed by atoms with Gasteiger partial charge >= 0.3 is 0 Å². The summed E-state index contributed by atoms with van der Waals surface area (Å²) >= 11 is 0. The lowest BCUT2D eigenvalue weighted by atomic mass is 10.3. The molecule has 1 heterocycles. The molecule has 0 aromatic carbocycles. The van der Waals surface area contributed by atoms with E-state index in [4.69, 9.17) is 0 Å². The lowest BCUT2D eigenvalue weighted by Crippen LogP contribution is -2.31. The average Bonchev–Trinajstić information content (AvgIpc) is 2.83. The molecule has 4 heteroatoms. The summed E-state index contributed by atoms with van der Waals surface area (Å²) in [6.07, 6.45) is 5.95. The predicted molar refractivity (Wildman–Crippen MR) is 53.8 cm³/mol. The number of nitrogens with zero attached hydrogens (tertiary/aromatic N) is 2. The standard InChI is InChI=1S/C10H17N3O/c14-10(7-11-6-9-2-3-9)8-13-5-1-4-12-13/h1,4-5,9-11,14H,2-3,6-8H2. The highest BCUT2D eigenvalue weighted by Crippen LogP contribution is 2.27. The first-order valence-electron chi connectivity index (χ1n) is 5.21. The third-order valence-electron chi connectivity index (χ3n) is 2.47. The molecule has 78 valence electrons. The highest BCUT2D eigenvalue weighted by atomic mass is 16.3. The van der Waals surface area contributed by atoms with Gasteiger partial charge in [0, 0.05) is 18.9 Å². The molecule has 1 fully saturated rings. The average molecular weight is 195 g/mol. The van der Waals surface area contributed by atoms with Crippen molar-refractivity contribution >= 4 is 0 Å². The van der Waals surface area contributed by atoms with E-state index in [2.05, 4.69) is 10.4 Å². The molecule has 1 saturated carbocycles. The number of rotatable bonds is 6. The van der Waals surface area contributed by atoms with Crippen molar-refractivity contribution in [3.63, 3.8) is 0 Å². The van der Waals surface area contributed by atoms with Crippen LogP contribution >= 0.6 is 0 Å². The minimum atomic E-state index is -0.339. The molecule has 1 aromatic heterocycles. The fourth-order valence-electron chi connectivity index (χ4n) is 1.46. The van der Waals surface area contributed by atoms with Crippen LogP contribution < -0.4 is 5.32 Å². The van der Waals surface area contributed by atoms with Gasteiger partial charge in [0.25, 0.3) is 0 Å². The van der Waals surface area contributed by atoms with E-state index in [0.717, 1.165) is 12.5 Å². The van der Waals surface area contributed by atoms with Gasteiger partial charge in [0.15, 0.2) is 0 Å². The quantitative estimate of drug-likeness (QED) is 0.684. The van der Waals surface area contributed by atoms with Gasteiger partial charge in [-0.2, -0.15) is 5.10 Å². The number of nitrogens with one attached hydrogen (secondary N) is 1. The van der Waals surface area contributed by atoms with Gasteiger partial charge in [-0.05, 0) is 31.4 Å². The fraction of sp³-hybridized carbons (Fsp3) is 0.700. The van der Waals surface area contributed by atoms with Crippen molar-refractivity contribution in [1.82, 2.24) is 15.1 Å². The summed E-state index contributed by atoms with van der Waals surface area (Å²) in [7, 11) is 0. The highest BCUT2D eigenvalue weighted by molar-refractivity contribution is 4.79. The fourth-order valence-corrected chi connectivity index (χ4v) is 1.46. The molecule has 0 radical (unpaired) electrons. The highest BCUT2D eigenvalue weighted by Gasteiger charge is 2.20. The Morgan fingerprint density at radius 1 is 1.57 bits per heavy atom. The summed E-state index contributed by atoms with van der Waals surface area (Å²) in [4.78, 5) is 0. The van der Waals surface area contributed by atoms with E-state index < -0.39 is 0 Å². The summed E-state index contributed by atoms with van der Waals surface area (Å²) in [5, 5.41) is 16.9. The largest absolute Gasteiger partial charge is 0.390 e. The Labute approximate surface area is 83.9 Å². The molecule has 0 saturated heterocycles. The summed E-state index contributed by atoms with van der Waals surface area (Å²) in [6.45, 7) is 2.29. The van der Waals surface area contributed by atoms with Crippen molar-refractivity contribution in [1.29, 1.82) is 0 Å². The smallest absolute Gasteiger partial charge is 0.0860 e. The predicted octanol–water partition coefficient (Wildman–Crippen LogP) is 0.244. The second-order valence-electron chi connectivity index (χ2n) is 3.98. The van der Waals surface area contributed by atoms with Gasteiger partial charge in [-0.1, -0.05) is 0 Å². The molecule has 1 aromatic rings. The molecule has 1 atom stereocenters. The van der Waals surface area contributed by atoms with E-state index in [9.17, 15) is 5.11 Å². The van der Waals surface area contributed by atoms with Crippen LogP contribution in [-0.2, 0) is 6.54 Å². The van der Waals surface area contributed by atoms with Crippen LogP contribution in [0.25, 0.3) is 0 Å². The first kappa shape index (κ1) is 9.68. The lowest BCUT2D eigenvalue weighted by Gasteiger charge is -2.11. The van der Waals surface area contributed by atoms with Crippen LogP contribution in [0.3, 0.4) is 0 Å². The second kappa shape index (κ2) is 4.57. The number of hydrogen-bond donors (Lipinski definition) is 2. The van der Waals surface area contributed by atoms with E-state index in [1.807, 2.05) is 12.3 Å². The number of hydrogen-bond acceptors (Lipinski definition) is 3. The van der Waals surface area contributed by atoms with Gasteiger partial charge < -0.3 is 10.4 Å². The van der Waals surface area contributed by atoms with Crippen LogP contribution in [0.4, 0.5) is 0 Å². The van der Waals surface area contributed by atoms with Crippen molar-refractivity contribution in [3.05, 3.63) is 18.5 Å². The summed E-state index contributed by atoms with van der Waals surface area (Å²) in [5.74, 6) is 0.868. The molecule has 1 aliphatic rings. The van der Waals surface area contributed by atoms with Crippen molar-refractivity contribution in [2.24, 2.45) is 5.92 Å².